The standard InChI is InChI=1S/C22H33N9O2/c1-16-7-3-4-8-17(16)27-22(33)29-21-26-15-18(19(32)28-21)31-13-11-30(12-14-31)10-6-2-5-9-25-20(23)24/h3-4,7-8,15H,2,5-6,9-14H2,1H3,(H4,23,24,25)(H3,26,27,28,29,32,33). The third kappa shape index (κ3) is 7.49. The molecule has 1 fully saturated rings. The van der Waals surface area contributed by atoms with Crippen molar-refractivity contribution in [3.8, 4) is 0 Å². The van der Waals surface area contributed by atoms with Gasteiger partial charge < -0.3 is 21.7 Å². The fraction of sp³-hybridized carbons (Fsp3) is 0.455. The molecule has 178 valence electrons. The second-order valence-corrected chi connectivity index (χ2v) is 8.04. The van der Waals surface area contributed by atoms with E-state index in [4.69, 9.17) is 11.5 Å². The number of nitrogens with two attached hydrogens (primary N) is 2. The van der Waals surface area contributed by atoms with Gasteiger partial charge in [-0.3, -0.25) is 25.0 Å². The summed E-state index contributed by atoms with van der Waals surface area (Å²) in [6.07, 6.45) is 4.66. The Balaban J connectivity index is 1.44. The number of aryl methyl sites for hydroxylation is 1. The van der Waals surface area contributed by atoms with Crippen molar-refractivity contribution >= 4 is 29.3 Å². The number of piperazine rings is 1. The summed E-state index contributed by atoms with van der Waals surface area (Å²) in [6.45, 7) is 6.85. The monoisotopic (exact) mass is 455 g/mol. The van der Waals surface area contributed by atoms with Crippen LogP contribution in [0.15, 0.2) is 40.2 Å². The van der Waals surface area contributed by atoms with Crippen molar-refractivity contribution in [2.45, 2.75) is 26.2 Å². The Labute approximate surface area is 193 Å². The number of aliphatic imine (C=N–C) groups is 1. The van der Waals surface area contributed by atoms with Crippen molar-refractivity contribution in [2.75, 3.05) is 54.8 Å². The molecule has 33 heavy (non-hydrogen) atoms. The topological polar surface area (TPSA) is 158 Å². The van der Waals surface area contributed by atoms with Gasteiger partial charge >= 0.3 is 6.03 Å². The maximum Gasteiger partial charge on any atom is 0.326 e. The Morgan fingerprint density at radius 3 is 2.58 bits per heavy atom. The molecule has 1 saturated heterocycles. The summed E-state index contributed by atoms with van der Waals surface area (Å²) >= 11 is 0. The number of aromatic nitrogens is 2. The number of para-hydroxylation sites is 1. The van der Waals surface area contributed by atoms with Gasteiger partial charge in [-0.1, -0.05) is 24.6 Å². The summed E-state index contributed by atoms with van der Waals surface area (Å²) in [5.74, 6) is 0.249. The van der Waals surface area contributed by atoms with Crippen LogP contribution in [0, 0.1) is 6.92 Å². The van der Waals surface area contributed by atoms with Crippen molar-refractivity contribution in [1.82, 2.24) is 14.9 Å². The average Bonchev–Trinajstić information content (AvgIpc) is 2.78. The summed E-state index contributed by atoms with van der Waals surface area (Å²) in [5.41, 5.74) is 12.5. The first-order valence-electron chi connectivity index (χ1n) is 11.2. The summed E-state index contributed by atoms with van der Waals surface area (Å²) in [4.78, 5) is 40.1. The smallest absolute Gasteiger partial charge is 0.326 e. The average molecular weight is 456 g/mol. The molecule has 2 heterocycles. The normalized spacial score (nSPS) is 14.0. The zero-order valence-electron chi connectivity index (χ0n) is 19.0. The van der Waals surface area contributed by atoms with Crippen LogP contribution >= 0.6 is 0 Å². The minimum atomic E-state index is -0.466. The Morgan fingerprint density at radius 2 is 1.88 bits per heavy atom. The number of rotatable bonds is 9. The zero-order valence-corrected chi connectivity index (χ0v) is 19.0. The van der Waals surface area contributed by atoms with E-state index in [2.05, 4.69) is 30.5 Å². The number of nitrogens with one attached hydrogen (secondary N) is 3. The predicted octanol–water partition coefficient (Wildman–Crippen LogP) is 1.29. The number of hydrogen-bond acceptors (Lipinski definition) is 6. The van der Waals surface area contributed by atoms with Gasteiger partial charge in [-0.2, -0.15) is 0 Å². The Morgan fingerprint density at radius 1 is 1.12 bits per heavy atom. The highest BCUT2D eigenvalue weighted by Crippen LogP contribution is 2.14. The van der Waals surface area contributed by atoms with Gasteiger partial charge in [0.1, 0.15) is 5.69 Å². The second-order valence-electron chi connectivity index (χ2n) is 8.04. The number of urea groups is 1. The van der Waals surface area contributed by atoms with E-state index in [-0.39, 0.29) is 17.5 Å². The first-order valence-corrected chi connectivity index (χ1v) is 11.2. The molecule has 2 aromatic rings. The molecule has 0 radical (unpaired) electrons. The number of carbonyl (C=O) groups is 1. The fourth-order valence-electron chi connectivity index (χ4n) is 3.70. The van der Waals surface area contributed by atoms with Crippen LogP contribution in [0.25, 0.3) is 0 Å². The van der Waals surface area contributed by atoms with E-state index in [9.17, 15) is 9.59 Å². The Bertz CT molecular complexity index is 1010. The van der Waals surface area contributed by atoms with Crippen LogP contribution in [0.2, 0.25) is 0 Å². The molecule has 0 bridgehead atoms. The lowest BCUT2D eigenvalue weighted by atomic mass is 10.2. The van der Waals surface area contributed by atoms with Gasteiger partial charge in [0.2, 0.25) is 5.95 Å². The van der Waals surface area contributed by atoms with Crippen molar-refractivity contribution < 1.29 is 4.79 Å². The lowest BCUT2D eigenvalue weighted by Gasteiger charge is -2.35. The molecule has 0 unspecified atom stereocenters. The van der Waals surface area contributed by atoms with Gasteiger partial charge in [-0.05, 0) is 37.9 Å². The number of H-pyrrole nitrogens is 1. The Kier molecular flexibility index (Phi) is 8.64. The number of hydrogen-bond donors (Lipinski definition) is 5. The van der Waals surface area contributed by atoms with Crippen LogP contribution in [0.3, 0.4) is 0 Å². The summed E-state index contributed by atoms with van der Waals surface area (Å²) < 4.78 is 0. The van der Waals surface area contributed by atoms with Gasteiger partial charge in [-0.25, -0.2) is 9.78 Å². The Hall–Kier alpha value is -3.60. The van der Waals surface area contributed by atoms with Crippen LogP contribution in [0.4, 0.5) is 22.1 Å². The van der Waals surface area contributed by atoms with Crippen molar-refractivity contribution in [3.63, 3.8) is 0 Å². The molecule has 7 N–H and O–H groups in total. The summed E-state index contributed by atoms with van der Waals surface area (Å²) in [5, 5.41) is 5.32. The van der Waals surface area contributed by atoms with Gasteiger partial charge in [0.15, 0.2) is 5.96 Å². The predicted molar refractivity (Wildman–Crippen MR) is 132 cm³/mol. The van der Waals surface area contributed by atoms with Crippen molar-refractivity contribution in [3.05, 3.63) is 46.4 Å². The van der Waals surface area contributed by atoms with E-state index in [1.54, 1.807) is 6.07 Å². The molecule has 0 atom stereocenters. The van der Waals surface area contributed by atoms with E-state index < -0.39 is 6.03 Å². The number of unbranched alkanes of at least 4 members (excludes halogenated alkanes) is 2. The van der Waals surface area contributed by atoms with Gasteiger partial charge in [0.25, 0.3) is 5.56 Å². The molecular weight excluding hydrogens is 422 g/mol. The first-order chi connectivity index (χ1) is 15.9. The lowest BCUT2D eigenvalue weighted by molar-refractivity contribution is 0.252. The highest BCUT2D eigenvalue weighted by Gasteiger charge is 2.19. The molecular formula is C22H33N9O2. The van der Waals surface area contributed by atoms with Gasteiger partial charge in [0, 0.05) is 38.4 Å². The number of benzene rings is 1. The van der Waals surface area contributed by atoms with Crippen molar-refractivity contribution in [1.29, 1.82) is 0 Å². The van der Waals surface area contributed by atoms with E-state index in [1.807, 2.05) is 30.0 Å². The van der Waals surface area contributed by atoms with Crippen LogP contribution in [-0.4, -0.2) is 66.1 Å². The first kappa shape index (κ1) is 24.1. The highest BCUT2D eigenvalue weighted by atomic mass is 16.2. The minimum Gasteiger partial charge on any atom is -0.370 e. The van der Waals surface area contributed by atoms with Crippen LogP contribution in [0.1, 0.15) is 24.8 Å². The van der Waals surface area contributed by atoms with Gasteiger partial charge in [0.05, 0.1) is 6.20 Å². The molecule has 11 nitrogen and oxygen atoms in total. The third-order valence-corrected chi connectivity index (χ3v) is 5.55. The molecule has 1 aliphatic heterocycles. The number of nitrogens with zero attached hydrogens (tertiary/aromatic N) is 4. The van der Waals surface area contributed by atoms with Gasteiger partial charge in [-0.15, -0.1) is 0 Å². The SMILES string of the molecule is Cc1ccccc1NC(=O)Nc1ncc(N2CCN(CCCCCN=C(N)N)CC2)c(=O)[nH]1. The molecule has 2 amide bonds. The summed E-state index contributed by atoms with van der Waals surface area (Å²) in [7, 11) is 0. The maximum absolute atomic E-state index is 12.6. The van der Waals surface area contributed by atoms with Crippen molar-refractivity contribution in [2.24, 2.45) is 16.5 Å². The number of carbonyl (C=O) groups excluding carboxylic acids is 1. The number of aromatic amines is 1. The molecule has 0 aliphatic carbocycles. The molecule has 1 aromatic heterocycles. The third-order valence-electron chi connectivity index (χ3n) is 5.55. The lowest BCUT2D eigenvalue weighted by Crippen LogP contribution is -2.48. The molecule has 1 aromatic carbocycles. The fourth-order valence-corrected chi connectivity index (χ4v) is 3.70. The molecule has 1 aliphatic rings. The minimum absolute atomic E-state index is 0.106. The molecule has 0 spiro atoms. The number of anilines is 3. The zero-order chi connectivity index (χ0) is 23.6. The largest absolute Gasteiger partial charge is 0.370 e. The van der Waals surface area contributed by atoms with Crippen LogP contribution < -0.4 is 32.6 Å². The molecule has 11 heteroatoms. The van der Waals surface area contributed by atoms with E-state index in [1.165, 1.54) is 6.20 Å². The highest BCUT2D eigenvalue weighted by molar-refractivity contribution is 5.99. The van der Waals surface area contributed by atoms with E-state index >= 15 is 0 Å². The van der Waals surface area contributed by atoms with Crippen LogP contribution in [0.5, 0.6) is 0 Å². The van der Waals surface area contributed by atoms with Crippen LogP contribution in [-0.2, 0) is 0 Å². The molecule has 3 rings (SSSR count). The maximum atomic E-state index is 12.6. The second kappa shape index (κ2) is 11.9. The van der Waals surface area contributed by atoms with E-state index in [0.717, 1.165) is 57.5 Å². The summed E-state index contributed by atoms with van der Waals surface area (Å²) in [6, 6.07) is 6.98. The number of amides is 2. The number of guanidine groups is 1. The molecule has 0 saturated carbocycles. The van der Waals surface area contributed by atoms with E-state index in [0.29, 0.717) is 17.9 Å². The quantitative estimate of drug-likeness (QED) is 0.216.